The molecule has 0 aromatic rings. The lowest BCUT2D eigenvalue weighted by Gasteiger charge is -2.43. The molecule has 3 fully saturated rings. The van der Waals surface area contributed by atoms with Crippen LogP contribution in [-0.2, 0) is 4.74 Å². The van der Waals surface area contributed by atoms with Crippen molar-refractivity contribution in [1.82, 2.24) is 5.32 Å². The molecule has 2 aliphatic heterocycles. The van der Waals surface area contributed by atoms with Crippen LogP contribution < -0.4 is 5.32 Å². The molecule has 1 N–H and O–H groups in total. The Bertz CT molecular complexity index is 260. The predicted octanol–water partition coefficient (Wildman–Crippen LogP) is 3.11. The third kappa shape index (κ3) is 2.53. The standard InChI is InChI=1S/C15H27NO/c1-12-10-13(4-8-16-12)14-5-9-17-15(11-14)6-2-3-7-15/h12-14,16H,2-11H2,1H3. The zero-order chi connectivity index (χ0) is 11.7. The number of hydrogen-bond donors (Lipinski definition) is 1. The molecular formula is C15H27NO. The molecule has 98 valence electrons. The number of nitrogens with one attached hydrogen (secondary N) is 1. The minimum absolute atomic E-state index is 0.316. The number of hydrogen-bond acceptors (Lipinski definition) is 2. The van der Waals surface area contributed by atoms with E-state index in [0.717, 1.165) is 24.5 Å². The second-order valence-electron chi connectivity index (χ2n) is 6.63. The first kappa shape index (κ1) is 12.0. The first-order chi connectivity index (χ1) is 8.27. The summed E-state index contributed by atoms with van der Waals surface area (Å²) >= 11 is 0. The van der Waals surface area contributed by atoms with E-state index in [2.05, 4.69) is 12.2 Å². The lowest BCUT2D eigenvalue weighted by Crippen LogP contribution is -2.44. The average molecular weight is 237 g/mol. The van der Waals surface area contributed by atoms with Crippen molar-refractivity contribution >= 4 is 0 Å². The van der Waals surface area contributed by atoms with E-state index in [1.807, 2.05) is 0 Å². The van der Waals surface area contributed by atoms with Gasteiger partial charge in [0, 0.05) is 12.6 Å². The van der Waals surface area contributed by atoms with Crippen LogP contribution in [0.4, 0.5) is 0 Å². The van der Waals surface area contributed by atoms with Crippen LogP contribution in [0.1, 0.15) is 58.3 Å². The van der Waals surface area contributed by atoms with E-state index in [1.54, 1.807) is 0 Å². The quantitative estimate of drug-likeness (QED) is 0.756. The molecular weight excluding hydrogens is 210 g/mol. The Labute approximate surface area is 105 Å². The first-order valence-corrected chi connectivity index (χ1v) is 7.65. The summed E-state index contributed by atoms with van der Waals surface area (Å²) in [6.45, 7) is 4.61. The van der Waals surface area contributed by atoms with E-state index in [1.165, 1.54) is 57.9 Å². The van der Waals surface area contributed by atoms with E-state index < -0.39 is 0 Å². The van der Waals surface area contributed by atoms with Gasteiger partial charge in [0.2, 0.25) is 0 Å². The molecule has 3 unspecified atom stereocenters. The van der Waals surface area contributed by atoms with Gasteiger partial charge in [0.15, 0.2) is 0 Å². The van der Waals surface area contributed by atoms with Crippen LogP contribution in [-0.4, -0.2) is 24.8 Å². The topological polar surface area (TPSA) is 21.3 Å². The van der Waals surface area contributed by atoms with Crippen molar-refractivity contribution in [3.05, 3.63) is 0 Å². The zero-order valence-electron chi connectivity index (χ0n) is 11.2. The lowest BCUT2D eigenvalue weighted by atomic mass is 9.73. The highest BCUT2D eigenvalue weighted by Gasteiger charge is 2.42. The van der Waals surface area contributed by atoms with Crippen molar-refractivity contribution in [3.63, 3.8) is 0 Å². The molecule has 3 atom stereocenters. The molecule has 0 amide bonds. The van der Waals surface area contributed by atoms with Gasteiger partial charge in [-0.3, -0.25) is 0 Å². The Morgan fingerprint density at radius 2 is 1.94 bits per heavy atom. The maximum Gasteiger partial charge on any atom is 0.0685 e. The molecule has 2 heteroatoms. The predicted molar refractivity (Wildman–Crippen MR) is 70.1 cm³/mol. The van der Waals surface area contributed by atoms with Gasteiger partial charge < -0.3 is 10.1 Å². The molecule has 3 rings (SSSR count). The minimum Gasteiger partial charge on any atom is -0.375 e. The van der Waals surface area contributed by atoms with Gasteiger partial charge in [0.1, 0.15) is 0 Å². The van der Waals surface area contributed by atoms with Crippen LogP contribution in [0.15, 0.2) is 0 Å². The van der Waals surface area contributed by atoms with Crippen molar-refractivity contribution in [1.29, 1.82) is 0 Å². The Hall–Kier alpha value is -0.0800. The molecule has 1 aliphatic carbocycles. The van der Waals surface area contributed by atoms with Crippen LogP contribution in [0, 0.1) is 11.8 Å². The Kier molecular flexibility index (Phi) is 3.45. The maximum absolute atomic E-state index is 6.16. The summed E-state index contributed by atoms with van der Waals surface area (Å²) in [7, 11) is 0. The fourth-order valence-corrected chi connectivity index (χ4v) is 4.43. The Balaban J connectivity index is 1.62. The summed E-state index contributed by atoms with van der Waals surface area (Å²) in [5.41, 5.74) is 0.316. The summed E-state index contributed by atoms with van der Waals surface area (Å²) in [6.07, 6.45) is 10.9. The highest BCUT2D eigenvalue weighted by atomic mass is 16.5. The van der Waals surface area contributed by atoms with Gasteiger partial charge in [0.05, 0.1) is 5.60 Å². The average Bonchev–Trinajstić information content (AvgIpc) is 2.77. The van der Waals surface area contributed by atoms with Gasteiger partial charge >= 0.3 is 0 Å². The summed E-state index contributed by atoms with van der Waals surface area (Å²) in [6, 6.07) is 0.733. The zero-order valence-corrected chi connectivity index (χ0v) is 11.2. The summed E-state index contributed by atoms with van der Waals surface area (Å²) in [5.74, 6) is 1.92. The molecule has 1 spiro atoms. The van der Waals surface area contributed by atoms with Gasteiger partial charge in [-0.15, -0.1) is 0 Å². The normalized spacial score (nSPS) is 41.8. The van der Waals surface area contributed by atoms with E-state index in [-0.39, 0.29) is 0 Å². The smallest absolute Gasteiger partial charge is 0.0685 e. The van der Waals surface area contributed by atoms with Crippen molar-refractivity contribution in [2.75, 3.05) is 13.2 Å². The summed E-state index contributed by atoms with van der Waals surface area (Å²) < 4.78 is 6.16. The van der Waals surface area contributed by atoms with Crippen LogP contribution in [0.2, 0.25) is 0 Å². The van der Waals surface area contributed by atoms with Crippen LogP contribution in [0.5, 0.6) is 0 Å². The minimum atomic E-state index is 0.316. The monoisotopic (exact) mass is 237 g/mol. The molecule has 2 heterocycles. The highest BCUT2D eigenvalue weighted by molar-refractivity contribution is 4.94. The number of rotatable bonds is 1. The SMILES string of the molecule is CC1CC(C2CCOC3(CCCC3)C2)CCN1. The fraction of sp³-hybridized carbons (Fsp3) is 1.00. The van der Waals surface area contributed by atoms with Gasteiger partial charge in [-0.05, 0) is 63.8 Å². The molecule has 2 nitrogen and oxygen atoms in total. The van der Waals surface area contributed by atoms with E-state index in [9.17, 15) is 0 Å². The van der Waals surface area contributed by atoms with E-state index in [0.29, 0.717) is 5.60 Å². The van der Waals surface area contributed by atoms with Crippen molar-refractivity contribution in [3.8, 4) is 0 Å². The Morgan fingerprint density at radius 3 is 2.71 bits per heavy atom. The van der Waals surface area contributed by atoms with Gasteiger partial charge in [-0.25, -0.2) is 0 Å². The molecule has 0 radical (unpaired) electrons. The second kappa shape index (κ2) is 4.89. The van der Waals surface area contributed by atoms with Crippen LogP contribution >= 0.6 is 0 Å². The van der Waals surface area contributed by atoms with E-state index >= 15 is 0 Å². The van der Waals surface area contributed by atoms with Crippen LogP contribution in [0.3, 0.4) is 0 Å². The number of piperidine rings is 1. The molecule has 2 saturated heterocycles. The van der Waals surface area contributed by atoms with Gasteiger partial charge in [-0.2, -0.15) is 0 Å². The van der Waals surface area contributed by atoms with Crippen LogP contribution in [0.25, 0.3) is 0 Å². The van der Waals surface area contributed by atoms with Crippen molar-refractivity contribution in [2.45, 2.75) is 69.9 Å². The molecule has 0 aromatic carbocycles. The highest BCUT2D eigenvalue weighted by Crippen LogP contribution is 2.45. The molecule has 3 aliphatic rings. The van der Waals surface area contributed by atoms with Crippen molar-refractivity contribution < 1.29 is 4.74 Å². The third-order valence-corrected chi connectivity index (χ3v) is 5.38. The molecule has 0 bridgehead atoms. The lowest BCUT2D eigenvalue weighted by molar-refractivity contribution is -0.104. The third-order valence-electron chi connectivity index (χ3n) is 5.38. The van der Waals surface area contributed by atoms with Gasteiger partial charge in [-0.1, -0.05) is 12.8 Å². The van der Waals surface area contributed by atoms with Gasteiger partial charge in [0.25, 0.3) is 0 Å². The fourth-order valence-electron chi connectivity index (χ4n) is 4.43. The summed E-state index contributed by atoms with van der Waals surface area (Å²) in [5, 5.41) is 3.58. The summed E-state index contributed by atoms with van der Waals surface area (Å²) in [4.78, 5) is 0. The largest absolute Gasteiger partial charge is 0.375 e. The maximum atomic E-state index is 6.16. The molecule has 0 aromatic heterocycles. The number of ether oxygens (including phenoxy) is 1. The second-order valence-corrected chi connectivity index (χ2v) is 6.63. The Morgan fingerprint density at radius 1 is 1.12 bits per heavy atom. The molecule has 17 heavy (non-hydrogen) atoms. The van der Waals surface area contributed by atoms with Crippen molar-refractivity contribution in [2.24, 2.45) is 11.8 Å². The molecule has 1 saturated carbocycles. The van der Waals surface area contributed by atoms with E-state index in [4.69, 9.17) is 4.74 Å². The first-order valence-electron chi connectivity index (χ1n) is 7.65.